The standard InChI is InChI=1S/C15H24O2/c1-2-3-4-6-9-12-15(17)13-10-7-5-8-11-14-16/h15-17H,2-4,6,9-10,12-14H2,1H3. The van der Waals surface area contributed by atoms with Crippen molar-refractivity contribution in [2.45, 2.75) is 64.4 Å². The summed E-state index contributed by atoms with van der Waals surface area (Å²) in [5, 5.41) is 18.1. The van der Waals surface area contributed by atoms with Crippen LogP contribution in [0.1, 0.15) is 58.3 Å². The Morgan fingerprint density at radius 1 is 0.941 bits per heavy atom. The molecular weight excluding hydrogens is 212 g/mol. The van der Waals surface area contributed by atoms with Crippen LogP contribution in [0.5, 0.6) is 0 Å². The minimum absolute atomic E-state index is 0.144. The van der Waals surface area contributed by atoms with Crippen LogP contribution in [0.2, 0.25) is 0 Å². The molecule has 0 heterocycles. The summed E-state index contributed by atoms with van der Waals surface area (Å²) in [4.78, 5) is 0. The molecule has 17 heavy (non-hydrogen) atoms. The van der Waals surface area contributed by atoms with Gasteiger partial charge in [-0.2, -0.15) is 0 Å². The van der Waals surface area contributed by atoms with Crippen molar-refractivity contribution >= 4 is 0 Å². The third-order valence-electron chi connectivity index (χ3n) is 2.56. The van der Waals surface area contributed by atoms with E-state index < -0.39 is 0 Å². The fraction of sp³-hybridized carbons (Fsp3) is 0.733. The monoisotopic (exact) mass is 236 g/mol. The van der Waals surface area contributed by atoms with E-state index in [2.05, 4.69) is 30.6 Å². The van der Waals surface area contributed by atoms with Gasteiger partial charge in [-0.25, -0.2) is 0 Å². The van der Waals surface area contributed by atoms with Gasteiger partial charge in [0.25, 0.3) is 0 Å². The van der Waals surface area contributed by atoms with Crippen LogP contribution < -0.4 is 0 Å². The molecule has 2 nitrogen and oxygen atoms in total. The summed E-state index contributed by atoms with van der Waals surface area (Å²) in [5.41, 5.74) is 0. The molecule has 96 valence electrons. The molecular formula is C15H24O2. The lowest BCUT2D eigenvalue weighted by molar-refractivity contribution is 0.152. The fourth-order valence-corrected chi connectivity index (χ4v) is 1.56. The van der Waals surface area contributed by atoms with Gasteiger partial charge in [0.15, 0.2) is 0 Å². The number of unbranched alkanes of at least 4 members (excludes halogenated alkanes) is 4. The highest BCUT2D eigenvalue weighted by Crippen LogP contribution is 2.09. The lowest BCUT2D eigenvalue weighted by Gasteiger charge is -2.07. The molecule has 0 rings (SSSR count). The van der Waals surface area contributed by atoms with E-state index in [1.807, 2.05) is 0 Å². The molecule has 0 saturated carbocycles. The Morgan fingerprint density at radius 3 is 2.35 bits per heavy atom. The Hall–Kier alpha value is -0.960. The van der Waals surface area contributed by atoms with Crippen molar-refractivity contribution in [3.05, 3.63) is 0 Å². The predicted octanol–water partition coefficient (Wildman–Crippen LogP) is 2.49. The van der Waals surface area contributed by atoms with Gasteiger partial charge in [0, 0.05) is 6.42 Å². The number of hydrogen-bond acceptors (Lipinski definition) is 2. The zero-order valence-corrected chi connectivity index (χ0v) is 10.8. The van der Waals surface area contributed by atoms with E-state index in [0.717, 1.165) is 19.3 Å². The molecule has 2 N–H and O–H groups in total. The normalized spacial score (nSPS) is 11.0. The van der Waals surface area contributed by atoms with Crippen LogP contribution in [0.4, 0.5) is 0 Å². The first-order valence-corrected chi connectivity index (χ1v) is 6.56. The van der Waals surface area contributed by atoms with Crippen molar-refractivity contribution in [2.24, 2.45) is 0 Å². The highest BCUT2D eigenvalue weighted by atomic mass is 16.3. The maximum Gasteiger partial charge on any atom is 0.105 e. The van der Waals surface area contributed by atoms with Crippen molar-refractivity contribution < 1.29 is 10.2 Å². The summed E-state index contributed by atoms with van der Waals surface area (Å²) in [6.45, 7) is 2.06. The minimum atomic E-state index is -0.225. The van der Waals surface area contributed by atoms with Gasteiger partial charge in [-0.15, -0.1) is 0 Å². The Labute approximate surface area is 105 Å². The van der Waals surface area contributed by atoms with Gasteiger partial charge in [-0.05, 0) is 24.7 Å². The van der Waals surface area contributed by atoms with Gasteiger partial charge < -0.3 is 10.2 Å². The van der Waals surface area contributed by atoms with Gasteiger partial charge in [-0.3, -0.25) is 0 Å². The molecule has 1 unspecified atom stereocenters. The SMILES string of the molecule is CCCCCCCC(O)CCC#CC#CCO. The van der Waals surface area contributed by atoms with E-state index in [4.69, 9.17) is 5.11 Å². The minimum Gasteiger partial charge on any atom is -0.393 e. The lowest BCUT2D eigenvalue weighted by Crippen LogP contribution is -2.05. The van der Waals surface area contributed by atoms with Crippen molar-refractivity contribution in [1.82, 2.24) is 0 Å². The third kappa shape index (κ3) is 13.0. The molecule has 0 aliphatic heterocycles. The second-order valence-electron chi connectivity index (χ2n) is 4.16. The van der Waals surface area contributed by atoms with Crippen LogP contribution in [0.3, 0.4) is 0 Å². The van der Waals surface area contributed by atoms with E-state index in [1.54, 1.807) is 0 Å². The van der Waals surface area contributed by atoms with Gasteiger partial charge in [0.2, 0.25) is 0 Å². The van der Waals surface area contributed by atoms with E-state index >= 15 is 0 Å². The summed E-state index contributed by atoms with van der Waals surface area (Å²) >= 11 is 0. The predicted molar refractivity (Wildman–Crippen MR) is 71.3 cm³/mol. The second-order valence-corrected chi connectivity index (χ2v) is 4.16. The summed E-state index contributed by atoms with van der Waals surface area (Å²) in [7, 11) is 0. The molecule has 0 bridgehead atoms. The second kappa shape index (κ2) is 13.1. The molecule has 0 aromatic carbocycles. The van der Waals surface area contributed by atoms with Gasteiger partial charge in [0.05, 0.1) is 6.10 Å². The third-order valence-corrected chi connectivity index (χ3v) is 2.56. The summed E-state index contributed by atoms with van der Waals surface area (Å²) in [5.74, 6) is 10.5. The smallest absolute Gasteiger partial charge is 0.105 e. The number of rotatable bonds is 8. The Morgan fingerprint density at radius 2 is 1.65 bits per heavy atom. The van der Waals surface area contributed by atoms with Crippen LogP contribution >= 0.6 is 0 Å². The number of aliphatic hydroxyl groups excluding tert-OH is 2. The van der Waals surface area contributed by atoms with Gasteiger partial charge >= 0.3 is 0 Å². The van der Waals surface area contributed by atoms with E-state index in [0.29, 0.717) is 6.42 Å². The molecule has 0 amide bonds. The Balaban J connectivity index is 3.39. The molecule has 0 radical (unpaired) electrons. The van der Waals surface area contributed by atoms with E-state index in [9.17, 15) is 5.11 Å². The Bertz CT molecular complexity index is 275. The number of aliphatic hydroxyl groups is 2. The van der Waals surface area contributed by atoms with Gasteiger partial charge in [0.1, 0.15) is 6.61 Å². The summed E-state index contributed by atoms with van der Waals surface area (Å²) in [6.07, 6.45) is 8.22. The largest absolute Gasteiger partial charge is 0.393 e. The zero-order chi connectivity index (χ0) is 12.8. The van der Waals surface area contributed by atoms with Crippen molar-refractivity contribution in [3.63, 3.8) is 0 Å². The molecule has 0 aliphatic rings. The molecule has 0 saturated heterocycles. The summed E-state index contributed by atoms with van der Waals surface area (Å²) in [6, 6.07) is 0. The van der Waals surface area contributed by atoms with Crippen molar-refractivity contribution in [1.29, 1.82) is 0 Å². The summed E-state index contributed by atoms with van der Waals surface area (Å²) < 4.78 is 0. The average Bonchev–Trinajstić information content (AvgIpc) is 2.33. The molecule has 0 fully saturated rings. The molecule has 2 heteroatoms. The Kier molecular flexibility index (Phi) is 12.4. The maximum absolute atomic E-state index is 9.66. The first kappa shape index (κ1) is 16.0. The molecule has 0 aliphatic carbocycles. The van der Waals surface area contributed by atoms with E-state index in [1.165, 1.54) is 25.7 Å². The molecule has 0 aromatic heterocycles. The van der Waals surface area contributed by atoms with Crippen LogP contribution in [0, 0.1) is 23.7 Å². The van der Waals surface area contributed by atoms with Crippen LogP contribution in [-0.2, 0) is 0 Å². The van der Waals surface area contributed by atoms with Gasteiger partial charge in [-0.1, -0.05) is 50.9 Å². The first-order valence-electron chi connectivity index (χ1n) is 6.56. The fourth-order valence-electron chi connectivity index (χ4n) is 1.56. The number of hydrogen-bond donors (Lipinski definition) is 2. The quantitative estimate of drug-likeness (QED) is 0.502. The van der Waals surface area contributed by atoms with Crippen molar-refractivity contribution in [2.75, 3.05) is 6.61 Å². The van der Waals surface area contributed by atoms with Crippen LogP contribution in [-0.4, -0.2) is 22.9 Å². The maximum atomic E-state index is 9.66. The topological polar surface area (TPSA) is 40.5 Å². The van der Waals surface area contributed by atoms with E-state index in [-0.39, 0.29) is 12.7 Å². The highest BCUT2D eigenvalue weighted by molar-refractivity contribution is 5.25. The molecule has 0 spiro atoms. The zero-order valence-electron chi connectivity index (χ0n) is 10.8. The highest BCUT2D eigenvalue weighted by Gasteiger charge is 2.01. The van der Waals surface area contributed by atoms with Crippen molar-refractivity contribution in [3.8, 4) is 23.7 Å². The first-order chi connectivity index (χ1) is 8.31. The van der Waals surface area contributed by atoms with Crippen LogP contribution in [0.15, 0.2) is 0 Å². The molecule has 0 aromatic rings. The molecule has 1 atom stereocenters. The average molecular weight is 236 g/mol. The van der Waals surface area contributed by atoms with Crippen LogP contribution in [0.25, 0.3) is 0 Å². The lowest BCUT2D eigenvalue weighted by atomic mass is 10.1.